The smallest absolute Gasteiger partial charge is 0.163 e. The van der Waals surface area contributed by atoms with E-state index >= 15 is 0 Å². The van der Waals surface area contributed by atoms with E-state index in [4.69, 9.17) is 5.26 Å². The number of nitrogens with zero attached hydrogens (tertiary/aromatic N) is 6. The van der Waals surface area contributed by atoms with Crippen molar-refractivity contribution < 1.29 is 0 Å². The molecule has 1 aliphatic heterocycles. The van der Waals surface area contributed by atoms with Crippen molar-refractivity contribution in [2.45, 2.75) is 38.8 Å². The van der Waals surface area contributed by atoms with Gasteiger partial charge in [0, 0.05) is 13.0 Å². The zero-order valence-corrected chi connectivity index (χ0v) is 11.1. The molecule has 0 aromatic carbocycles. The van der Waals surface area contributed by atoms with Crippen molar-refractivity contribution in [2.24, 2.45) is 0 Å². The summed E-state index contributed by atoms with van der Waals surface area (Å²) in [6.45, 7) is 1.55. The lowest BCUT2D eigenvalue weighted by Crippen LogP contribution is -2.11. The molecule has 0 saturated carbocycles. The van der Waals surface area contributed by atoms with Gasteiger partial charge in [0.05, 0.1) is 6.54 Å². The van der Waals surface area contributed by atoms with E-state index in [1.807, 2.05) is 6.07 Å². The van der Waals surface area contributed by atoms with Gasteiger partial charge in [-0.25, -0.2) is 0 Å². The largest absolute Gasteiger partial charge is 0.361 e. The first-order valence-electron chi connectivity index (χ1n) is 6.75. The quantitative estimate of drug-likeness (QED) is 0.902. The zero-order valence-electron chi connectivity index (χ0n) is 11.1. The van der Waals surface area contributed by atoms with Crippen LogP contribution in [0, 0.1) is 11.3 Å². The van der Waals surface area contributed by atoms with Crippen LogP contribution in [0.15, 0.2) is 12.1 Å². The topological polar surface area (TPSA) is 92.3 Å². The third kappa shape index (κ3) is 2.59. The van der Waals surface area contributed by atoms with Crippen molar-refractivity contribution in [1.29, 1.82) is 5.26 Å². The molecular formula is C13H15N7. The molecule has 0 unspecified atom stereocenters. The summed E-state index contributed by atoms with van der Waals surface area (Å²) < 4.78 is 2.19. The maximum Gasteiger partial charge on any atom is 0.163 e. The van der Waals surface area contributed by atoms with Crippen molar-refractivity contribution in [1.82, 2.24) is 25.0 Å². The van der Waals surface area contributed by atoms with Crippen LogP contribution in [0.3, 0.4) is 0 Å². The number of nitriles is 1. The summed E-state index contributed by atoms with van der Waals surface area (Å²) in [5.41, 5.74) is 0.312. The third-order valence-electron chi connectivity index (χ3n) is 3.39. The molecule has 0 saturated heterocycles. The van der Waals surface area contributed by atoms with Gasteiger partial charge in [-0.2, -0.15) is 5.26 Å². The number of nitrogens with one attached hydrogen (secondary N) is 1. The molecule has 7 heteroatoms. The molecule has 3 rings (SSSR count). The maximum absolute atomic E-state index is 8.67. The first kappa shape index (κ1) is 12.5. The van der Waals surface area contributed by atoms with E-state index < -0.39 is 0 Å². The van der Waals surface area contributed by atoms with Crippen LogP contribution in [-0.2, 0) is 19.5 Å². The number of hydrogen-bond acceptors (Lipinski definition) is 6. The molecular weight excluding hydrogens is 254 g/mol. The van der Waals surface area contributed by atoms with E-state index in [1.54, 1.807) is 12.1 Å². The monoisotopic (exact) mass is 269 g/mol. The number of anilines is 1. The Balaban J connectivity index is 1.69. The van der Waals surface area contributed by atoms with Gasteiger partial charge in [-0.15, -0.1) is 20.4 Å². The standard InChI is InChI=1S/C13H15N7/c14-8-10-5-6-11(17-16-10)15-9-13-19-18-12-4-2-1-3-7-20(12)13/h5-6H,1-4,7,9H2,(H,15,17). The molecule has 0 amide bonds. The van der Waals surface area contributed by atoms with Crippen molar-refractivity contribution >= 4 is 5.82 Å². The first-order valence-corrected chi connectivity index (χ1v) is 6.75. The minimum absolute atomic E-state index is 0.312. The first-order chi connectivity index (χ1) is 9.86. The van der Waals surface area contributed by atoms with E-state index in [9.17, 15) is 0 Å². The molecule has 0 bridgehead atoms. The summed E-state index contributed by atoms with van der Waals surface area (Å²) in [6, 6.07) is 5.32. The normalized spacial score (nSPS) is 14.2. The molecule has 2 aromatic heterocycles. The number of rotatable bonds is 3. The summed E-state index contributed by atoms with van der Waals surface area (Å²) in [6.07, 6.45) is 4.61. The van der Waals surface area contributed by atoms with Crippen LogP contribution < -0.4 is 5.32 Å². The molecule has 2 aromatic rings. The minimum atomic E-state index is 0.312. The Morgan fingerprint density at radius 2 is 2.10 bits per heavy atom. The predicted octanol–water partition coefficient (Wildman–Crippen LogP) is 1.28. The highest BCUT2D eigenvalue weighted by Crippen LogP contribution is 2.15. The Bertz CT molecular complexity index is 623. The average Bonchev–Trinajstić information content (AvgIpc) is 2.72. The van der Waals surface area contributed by atoms with Crippen LogP contribution in [0.2, 0.25) is 0 Å². The Labute approximate surface area is 116 Å². The Morgan fingerprint density at radius 3 is 2.90 bits per heavy atom. The SMILES string of the molecule is N#Cc1ccc(NCc2nnc3n2CCCCC3)nn1. The molecule has 20 heavy (non-hydrogen) atoms. The third-order valence-corrected chi connectivity index (χ3v) is 3.39. The predicted molar refractivity (Wildman–Crippen MR) is 71.7 cm³/mol. The molecule has 7 nitrogen and oxygen atoms in total. The number of fused-ring (bicyclic) bond motifs is 1. The van der Waals surface area contributed by atoms with Gasteiger partial charge in [0.15, 0.2) is 11.5 Å². The highest BCUT2D eigenvalue weighted by Gasteiger charge is 2.14. The van der Waals surface area contributed by atoms with Gasteiger partial charge in [0.1, 0.15) is 17.7 Å². The Hall–Kier alpha value is -2.49. The second-order valence-corrected chi connectivity index (χ2v) is 4.76. The molecule has 102 valence electrons. The zero-order chi connectivity index (χ0) is 13.8. The fourth-order valence-electron chi connectivity index (χ4n) is 2.33. The maximum atomic E-state index is 8.67. The van der Waals surface area contributed by atoms with Gasteiger partial charge in [-0.05, 0) is 25.0 Å². The van der Waals surface area contributed by atoms with Gasteiger partial charge in [0.2, 0.25) is 0 Å². The molecule has 0 radical (unpaired) electrons. The lowest BCUT2D eigenvalue weighted by Gasteiger charge is -2.08. The van der Waals surface area contributed by atoms with Crippen LogP contribution in [0.1, 0.15) is 36.6 Å². The molecule has 1 N–H and O–H groups in total. The van der Waals surface area contributed by atoms with Crippen LogP contribution >= 0.6 is 0 Å². The van der Waals surface area contributed by atoms with E-state index in [0.717, 1.165) is 24.6 Å². The van der Waals surface area contributed by atoms with Gasteiger partial charge < -0.3 is 9.88 Å². The van der Waals surface area contributed by atoms with Crippen LogP contribution in [0.25, 0.3) is 0 Å². The summed E-state index contributed by atoms with van der Waals surface area (Å²) in [5, 5.41) is 28.0. The van der Waals surface area contributed by atoms with Gasteiger partial charge >= 0.3 is 0 Å². The van der Waals surface area contributed by atoms with E-state index in [0.29, 0.717) is 18.1 Å². The lowest BCUT2D eigenvalue weighted by atomic mass is 10.2. The summed E-state index contributed by atoms with van der Waals surface area (Å²) in [4.78, 5) is 0. The highest BCUT2D eigenvalue weighted by molar-refractivity contribution is 5.35. The average molecular weight is 269 g/mol. The minimum Gasteiger partial charge on any atom is -0.361 e. The summed E-state index contributed by atoms with van der Waals surface area (Å²) in [7, 11) is 0. The number of aryl methyl sites for hydroxylation is 1. The van der Waals surface area contributed by atoms with Gasteiger partial charge in [0.25, 0.3) is 0 Å². The van der Waals surface area contributed by atoms with Gasteiger partial charge in [-0.1, -0.05) is 6.42 Å². The van der Waals surface area contributed by atoms with Gasteiger partial charge in [-0.3, -0.25) is 0 Å². The van der Waals surface area contributed by atoms with Crippen LogP contribution in [-0.4, -0.2) is 25.0 Å². The molecule has 0 aliphatic carbocycles. The van der Waals surface area contributed by atoms with E-state index in [1.165, 1.54) is 19.3 Å². The van der Waals surface area contributed by atoms with Crippen LogP contribution in [0.4, 0.5) is 5.82 Å². The second kappa shape index (κ2) is 5.65. The van der Waals surface area contributed by atoms with Crippen molar-refractivity contribution in [3.63, 3.8) is 0 Å². The molecule has 3 heterocycles. The molecule has 0 fully saturated rings. The van der Waals surface area contributed by atoms with Crippen molar-refractivity contribution in [3.8, 4) is 6.07 Å². The molecule has 1 aliphatic rings. The molecule has 0 spiro atoms. The highest BCUT2D eigenvalue weighted by atomic mass is 15.3. The number of hydrogen-bond donors (Lipinski definition) is 1. The second-order valence-electron chi connectivity index (χ2n) is 4.76. The van der Waals surface area contributed by atoms with Crippen molar-refractivity contribution in [3.05, 3.63) is 29.5 Å². The Kier molecular flexibility index (Phi) is 3.54. The van der Waals surface area contributed by atoms with Crippen molar-refractivity contribution in [2.75, 3.05) is 5.32 Å². The van der Waals surface area contributed by atoms with Crippen LogP contribution in [0.5, 0.6) is 0 Å². The molecule has 0 atom stereocenters. The fraction of sp³-hybridized carbons (Fsp3) is 0.462. The summed E-state index contributed by atoms with van der Waals surface area (Å²) >= 11 is 0. The van der Waals surface area contributed by atoms with E-state index in [-0.39, 0.29) is 0 Å². The lowest BCUT2D eigenvalue weighted by molar-refractivity contribution is 0.609. The number of aromatic nitrogens is 5. The van der Waals surface area contributed by atoms with E-state index in [2.05, 4.69) is 30.3 Å². The Morgan fingerprint density at radius 1 is 1.15 bits per heavy atom. The summed E-state index contributed by atoms with van der Waals surface area (Å²) in [5.74, 6) is 2.63. The fourth-order valence-corrected chi connectivity index (χ4v) is 2.33.